The number of aromatic nitrogens is 1. The number of nitrogens with zero attached hydrogens (tertiary/aromatic N) is 1. The third kappa shape index (κ3) is 2.82. The topological polar surface area (TPSA) is 38.9 Å². The Morgan fingerprint density at radius 3 is 2.45 bits per heavy atom. The molecule has 0 amide bonds. The van der Waals surface area contributed by atoms with E-state index in [9.17, 15) is 13.2 Å². The molecule has 0 aliphatic carbocycles. The number of rotatable bonds is 2. The summed E-state index contributed by atoms with van der Waals surface area (Å²) in [4.78, 5) is 3.78. The van der Waals surface area contributed by atoms with Crippen molar-refractivity contribution in [3.8, 4) is 0 Å². The monoisotopic (exact) mass is 280 g/mol. The van der Waals surface area contributed by atoms with Crippen LogP contribution in [0.1, 0.15) is 33.9 Å². The van der Waals surface area contributed by atoms with E-state index in [-0.39, 0.29) is 5.56 Å². The fraction of sp³-hybridized carbons (Fsp3) is 0.267. The second-order valence-electron chi connectivity index (χ2n) is 4.80. The molecule has 2 aromatic rings. The van der Waals surface area contributed by atoms with E-state index in [4.69, 9.17) is 5.73 Å². The van der Waals surface area contributed by atoms with Gasteiger partial charge in [-0.3, -0.25) is 4.98 Å². The Labute approximate surface area is 115 Å². The van der Waals surface area contributed by atoms with Crippen molar-refractivity contribution < 1.29 is 13.2 Å². The number of benzene rings is 1. The number of halogens is 3. The Kier molecular flexibility index (Phi) is 3.81. The van der Waals surface area contributed by atoms with Crippen LogP contribution in [0.5, 0.6) is 0 Å². The molecular weight excluding hydrogens is 265 g/mol. The summed E-state index contributed by atoms with van der Waals surface area (Å²) in [6.07, 6.45) is -2.12. The third-order valence-corrected chi connectivity index (χ3v) is 3.26. The summed E-state index contributed by atoms with van der Waals surface area (Å²) >= 11 is 0. The minimum absolute atomic E-state index is 0.00583. The fourth-order valence-corrected chi connectivity index (χ4v) is 2.18. The van der Waals surface area contributed by atoms with Gasteiger partial charge in [0.2, 0.25) is 0 Å². The van der Waals surface area contributed by atoms with E-state index in [1.54, 1.807) is 0 Å². The molecule has 2 N–H and O–H groups in total. The van der Waals surface area contributed by atoms with Crippen LogP contribution < -0.4 is 5.73 Å². The first-order valence-electron chi connectivity index (χ1n) is 6.14. The van der Waals surface area contributed by atoms with Gasteiger partial charge in [-0.05, 0) is 31.0 Å². The van der Waals surface area contributed by atoms with Crippen molar-refractivity contribution in [1.82, 2.24) is 4.98 Å². The first-order chi connectivity index (χ1) is 9.30. The van der Waals surface area contributed by atoms with Gasteiger partial charge in [0.15, 0.2) is 0 Å². The lowest BCUT2D eigenvalue weighted by Crippen LogP contribution is -2.19. The molecule has 1 heterocycles. The summed E-state index contributed by atoms with van der Waals surface area (Å²) < 4.78 is 39.1. The second-order valence-corrected chi connectivity index (χ2v) is 4.80. The lowest BCUT2D eigenvalue weighted by molar-refractivity contribution is -0.138. The van der Waals surface area contributed by atoms with Crippen molar-refractivity contribution in [3.63, 3.8) is 0 Å². The quantitative estimate of drug-likeness (QED) is 0.909. The molecule has 0 saturated carbocycles. The van der Waals surface area contributed by atoms with Crippen LogP contribution in [-0.2, 0) is 6.18 Å². The van der Waals surface area contributed by atoms with Gasteiger partial charge in [0.1, 0.15) is 0 Å². The molecular formula is C15H15F3N2. The SMILES string of the molecule is Cc1ccc(C)c(C(N)c2cnccc2C(F)(F)F)c1. The molecule has 0 saturated heterocycles. The van der Waals surface area contributed by atoms with Crippen LogP contribution in [0, 0.1) is 13.8 Å². The Morgan fingerprint density at radius 2 is 1.80 bits per heavy atom. The second kappa shape index (κ2) is 5.25. The number of nitrogens with two attached hydrogens (primary N) is 1. The smallest absolute Gasteiger partial charge is 0.320 e. The van der Waals surface area contributed by atoms with Gasteiger partial charge < -0.3 is 5.73 Å². The van der Waals surface area contributed by atoms with Crippen LogP contribution in [-0.4, -0.2) is 4.98 Å². The maximum Gasteiger partial charge on any atom is 0.416 e. The highest BCUT2D eigenvalue weighted by atomic mass is 19.4. The standard InChI is InChI=1S/C15H15F3N2/c1-9-3-4-10(2)11(7-9)14(19)12-8-20-6-5-13(12)15(16,17)18/h3-8,14H,19H2,1-2H3. The van der Waals surface area contributed by atoms with Gasteiger partial charge in [-0.2, -0.15) is 13.2 Å². The van der Waals surface area contributed by atoms with E-state index in [2.05, 4.69) is 4.98 Å². The summed E-state index contributed by atoms with van der Waals surface area (Å²) in [5, 5.41) is 0. The lowest BCUT2D eigenvalue weighted by atomic mass is 9.92. The van der Waals surface area contributed by atoms with E-state index in [1.807, 2.05) is 32.0 Å². The minimum atomic E-state index is -4.44. The van der Waals surface area contributed by atoms with Crippen LogP contribution in [0.15, 0.2) is 36.7 Å². The molecule has 1 aromatic heterocycles. The molecule has 5 heteroatoms. The van der Waals surface area contributed by atoms with E-state index in [0.29, 0.717) is 5.56 Å². The molecule has 0 aliphatic rings. The average molecular weight is 280 g/mol. The summed E-state index contributed by atoms with van der Waals surface area (Å²) in [7, 11) is 0. The van der Waals surface area contributed by atoms with Crippen LogP contribution in [0.4, 0.5) is 13.2 Å². The molecule has 2 rings (SSSR count). The van der Waals surface area contributed by atoms with Gasteiger partial charge in [-0.15, -0.1) is 0 Å². The molecule has 2 nitrogen and oxygen atoms in total. The summed E-state index contributed by atoms with van der Waals surface area (Å²) in [5.74, 6) is 0. The molecule has 1 atom stereocenters. The zero-order chi connectivity index (χ0) is 14.9. The van der Waals surface area contributed by atoms with Crippen LogP contribution in [0.2, 0.25) is 0 Å². The predicted molar refractivity (Wildman–Crippen MR) is 71.2 cm³/mol. The van der Waals surface area contributed by atoms with E-state index in [0.717, 1.165) is 23.4 Å². The predicted octanol–water partition coefficient (Wildman–Crippen LogP) is 3.77. The van der Waals surface area contributed by atoms with E-state index < -0.39 is 17.8 Å². The van der Waals surface area contributed by atoms with Crippen molar-refractivity contribution in [2.75, 3.05) is 0 Å². The van der Waals surface area contributed by atoms with Gasteiger partial charge in [0.25, 0.3) is 0 Å². The number of pyridine rings is 1. The highest BCUT2D eigenvalue weighted by Crippen LogP contribution is 2.35. The van der Waals surface area contributed by atoms with Gasteiger partial charge in [0.05, 0.1) is 11.6 Å². The van der Waals surface area contributed by atoms with Crippen LogP contribution in [0.25, 0.3) is 0 Å². The number of aryl methyl sites for hydroxylation is 2. The Morgan fingerprint density at radius 1 is 1.10 bits per heavy atom. The molecule has 0 bridgehead atoms. The van der Waals surface area contributed by atoms with Crippen LogP contribution in [0.3, 0.4) is 0 Å². The number of alkyl halides is 3. The fourth-order valence-electron chi connectivity index (χ4n) is 2.18. The van der Waals surface area contributed by atoms with E-state index in [1.165, 1.54) is 6.20 Å². The normalized spacial score (nSPS) is 13.3. The zero-order valence-electron chi connectivity index (χ0n) is 11.2. The first-order valence-corrected chi connectivity index (χ1v) is 6.14. The first kappa shape index (κ1) is 14.5. The maximum atomic E-state index is 13.0. The van der Waals surface area contributed by atoms with Crippen molar-refractivity contribution in [2.45, 2.75) is 26.1 Å². The summed E-state index contributed by atoms with van der Waals surface area (Å²) in [6.45, 7) is 3.71. The Balaban J connectivity index is 2.54. The number of hydrogen-bond donors (Lipinski definition) is 1. The van der Waals surface area contributed by atoms with Gasteiger partial charge in [0, 0.05) is 18.0 Å². The summed E-state index contributed by atoms with van der Waals surface area (Å²) in [5.41, 5.74) is 7.80. The Hall–Kier alpha value is -1.88. The number of hydrogen-bond acceptors (Lipinski definition) is 2. The molecule has 0 aliphatic heterocycles. The third-order valence-electron chi connectivity index (χ3n) is 3.26. The lowest BCUT2D eigenvalue weighted by Gasteiger charge is -2.20. The largest absolute Gasteiger partial charge is 0.416 e. The van der Waals surface area contributed by atoms with Crippen molar-refractivity contribution in [3.05, 3.63) is 64.5 Å². The van der Waals surface area contributed by atoms with Crippen LogP contribution >= 0.6 is 0 Å². The highest BCUT2D eigenvalue weighted by molar-refractivity contribution is 5.41. The van der Waals surface area contributed by atoms with Crippen molar-refractivity contribution >= 4 is 0 Å². The summed E-state index contributed by atoms with van der Waals surface area (Å²) in [6, 6.07) is 5.68. The highest BCUT2D eigenvalue weighted by Gasteiger charge is 2.35. The molecule has 20 heavy (non-hydrogen) atoms. The molecule has 1 unspecified atom stereocenters. The van der Waals surface area contributed by atoms with Crippen molar-refractivity contribution in [2.24, 2.45) is 5.73 Å². The molecule has 0 fully saturated rings. The van der Waals surface area contributed by atoms with Gasteiger partial charge in [-0.25, -0.2) is 0 Å². The van der Waals surface area contributed by atoms with Gasteiger partial charge >= 0.3 is 6.18 Å². The Bertz CT molecular complexity index is 621. The van der Waals surface area contributed by atoms with E-state index >= 15 is 0 Å². The molecule has 106 valence electrons. The molecule has 0 spiro atoms. The van der Waals surface area contributed by atoms with Crippen molar-refractivity contribution in [1.29, 1.82) is 0 Å². The average Bonchev–Trinajstić information content (AvgIpc) is 2.40. The molecule has 1 aromatic carbocycles. The zero-order valence-corrected chi connectivity index (χ0v) is 11.2. The van der Waals surface area contributed by atoms with Gasteiger partial charge in [-0.1, -0.05) is 23.8 Å². The maximum absolute atomic E-state index is 13.0. The molecule has 0 radical (unpaired) electrons. The minimum Gasteiger partial charge on any atom is -0.320 e.